The quantitative estimate of drug-likeness (QED) is 0.150. The van der Waals surface area contributed by atoms with Crippen LogP contribution in [0.5, 0.6) is 0 Å². The standard InChI is InChI=1S/C20H15BrN.F6P/c21-18-12-16-7-2-4-11-20(16)22(14-18)13-17-9-5-8-15-6-1-3-10-19(15)17;1-7(2,3,4,5)6/h1-12,14H,13H2;/q+1;-1. The maximum absolute atomic E-state index is 10.7. The van der Waals surface area contributed by atoms with Crippen LogP contribution in [0.3, 0.4) is 0 Å². The second-order valence-electron chi connectivity index (χ2n) is 6.44. The molecule has 0 bridgehead atoms. The molecule has 4 aromatic rings. The predicted molar refractivity (Wildman–Crippen MR) is 108 cm³/mol. The van der Waals surface area contributed by atoms with Crippen molar-refractivity contribution >= 4 is 45.4 Å². The van der Waals surface area contributed by atoms with Gasteiger partial charge in [-0.15, -0.1) is 0 Å². The van der Waals surface area contributed by atoms with Crippen LogP contribution >= 0.6 is 23.7 Å². The Labute approximate surface area is 171 Å². The third-order valence-corrected chi connectivity index (χ3v) is 4.47. The molecule has 0 aliphatic carbocycles. The molecule has 0 saturated carbocycles. The molecule has 9 heteroatoms. The molecule has 0 saturated heterocycles. The summed E-state index contributed by atoms with van der Waals surface area (Å²) in [6.45, 7) is 0.862. The van der Waals surface area contributed by atoms with Gasteiger partial charge < -0.3 is 0 Å². The Balaban J connectivity index is 0.000000298. The van der Waals surface area contributed by atoms with Crippen molar-refractivity contribution in [2.75, 3.05) is 0 Å². The first kappa shape index (κ1) is 21.5. The third kappa shape index (κ3) is 6.98. The van der Waals surface area contributed by atoms with Crippen LogP contribution < -0.4 is 4.57 Å². The number of aromatic nitrogens is 1. The molecule has 0 N–H and O–H groups in total. The van der Waals surface area contributed by atoms with E-state index in [9.17, 15) is 25.2 Å². The second-order valence-corrected chi connectivity index (χ2v) is 9.27. The molecule has 0 aliphatic heterocycles. The summed E-state index contributed by atoms with van der Waals surface area (Å²) in [6.07, 6.45) is 2.16. The van der Waals surface area contributed by atoms with Gasteiger partial charge in [-0.1, -0.05) is 54.6 Å². The van der Waals surface area contributed by atoms with E-state index in [2.05, 4.69) is 99.5 Å². The fourth-order valence-electron chi connectivity index (χ4n) is 3.02. The fourth-order valence-corrected chi connectivity index (χ4v) is 3.51. The zero-order valence-corrected chi connectivity index (χ0v) is 17.2. The van der Waals surface area contributed by atoms with Gasteiger partial charge in [0, 0.05) is 17.0 Å². The first-order chi connectivity index (χ1) is 13.3. The van der Waals surface area contributed by atoms with E-state index >= 15 is 0 Å². The van der Waals surface area contributed by atoms with Crippen LogP contribution in [0, 0.1) is 0 Å². The van der Waals surface area contributed by atoms with Gasteiger partial charge in [0.25, 0.3) is 0 Å². The maximum atomic E-state index is 9.87. The molecule has 29 heavy (non-hydrogen) atoms. The molecule has 1 heterocycles. The number of halogens is 7. The van der Waals surface area contributed by atoms with E-state index in [1.165, 1.54) is 27.2 Å². The number of hydrogen-bond donors (Lipinski definition) is 0. The number of hydrogen-bond acceptors (Lipinski definition) is 0. The van der Waals surface area contributed by atoms with Crippen molar-refractivity contribution in [2.45, 2.75) is 6.54 Å². The molecule has 0 amide bonds. The molecular weight excluding hydrogens is 479 g/mol. The van der Waals surface area contributed by atoms with E-state index < -0.39 is 7.81 Å². The van der Waals surface area contributed by atoms with Gasteiger partial charge in [-0.2, -0.15) is 4.57 Å². The Morgan fingerprint density at radius 3 is 1.97 bits per heavy atom. The zero-order chi connectivity index (χ0) is 21.3. The van der Waals surface area contributed by atoms with Crippen molar-refractivity contribution in [3.05, 3.63) is 89.0 Å². The fraction of sp³-hybridized carbons (Fsp3) is 0.0500. The number of fused-ring (bicyclic) bond motifs is 2. The molecule has 154 valence electrons. The summed E-state index contributed by atoms with van der Waals surface area (Å²) < 4.78 is 62.6. The van der Waals surface area contributed by atoms with Gasteiger partial charge in [-0.25, -0.2) is 0 Å². The SMILES string of the molecule is Brc1cc2ccccc2[n+](Cc2cccc3ccccc23)c1.F[P-](F)(F)(F)(F)F. The predicted octanol–water partition coefficient (Wildman–Crippen LogP) is 8.47. The van der Waals surface area contributed by atoms with Crippen molar-refractivity contribution < 1.29 is 29.7 Å². The first-order valence-corrected chi connectivity index (χ1v) is 11.2. The molecular formula is C20H15BrF6NP. The van der Waals surface area contributed by atoms with E-state index in [1.807, 2.05) is 0 Å². The molecule has 0 fully saturated rings. The Morgan fingerprint density at radius 1 is 0.724 bits per heavy atom. The minimum absolute atomic E-state index is 0.862. The summed E-state index contributed by atoms with van der Waals surface area (Å²) in [5.41, 5.74) is 2.59. The monoisotopic (exact) mass is 493 g/mol. The summed E-state index contributed by atoms with van der Waals surface area (Å²) in [4.78, 5) is 0. The molecule has 0 aliphatic rings. The molecule has 4 rings (SSSR count). The summed E-state index contributed by atoms with van der Waals surface area (Å²) in [6, 6.07) is 25.7. The van der Waals surface area contributed by atoms with Crippen LogP contribution in [0.4, 0.5) is 25.2 Å². The van der Waals surface area contributed by atoms with Crippen molar-refractivity contribution in [3.8, 4) is 0 Å². The van der Waals surface area contributed by atoms with Crippen LogP contribution in [0.2, 0.25) is 0 Å². The van der Waals surface area contributed by atoms with Gasteiger partial charge in [0.2, 0.25) is 5.52 Å². The van der Waals surface area contributed by atoms with Gasteiger partial charge >= 0.3 is 33.0 Å². The molecule has 3 aromatic carbocycles. The summed E-state index contributed by atoms with van der Waals surface area (Å²) >= 11 is 3.63. The average Bonchev–Trinajstić information content (AvgIpc) is 2.59. The van der Waals surface area contributed by atoms with Crippen molar-refractivity contribution in [2.24, 2.45) is 0 Å². The molecule has 0 atom stereocenters. The van der Waals surface area contributed by atoms with E-state index in [-0.39, 0.29) is 0 Å². The van der Waals surface area contributed by atoms with Crippen molar-refractivity contribution in [1.82, 2.24) is 0 Å². The molecule has 1 nitrogen and oxygen atoms in total. The molecule has 0 unspecified atom stereocenters. The second kappa shape index (κ2) is 6.96. The van der Waals surface area contributed by atoms with E-state index in [0.717, 1.165) is 11.0 Å². The Bertz CT molecular complexity index is 1180. The number of pyridine rings is 1. The first-order valence-electron chi connectivity index (χ1n) is 8.37. The van der Waals surface area contributed by atoms with Gasteiger partial charge in [-0.3, -0.25) is 0 Å². The molecule has 0 spiro atoms. The van der Waals surface area contributed by atoms with E-state index in [0.29, 0.717) is 0 Å². The Morgan fingerprint density at radius 2 is 1.28 bits per heavy atom. The van der Waals surface area contributed by atoms with Crippen LogP contribution in [0.15, 0.2) is 83.5 Å². The third-order valence-electron chi connectivity index (χ3n) is 4.04. The zero-order valence-electron chi connectivity index (χ0n) is 14.8. The molecule has 0 radical (unpaired) electrons. The Hall–Kier alpha value is -2.18. The number of para-hydroxylation sites is 1. The average molecular weight is 494 g/mol. The van der Waals surface area contributed by atoms with Gasteiger partial charge in [0.15, 0.2) is 12.7 Å². The van der Waals surface area contributed by atoms with Gasteiger partial charge in [0.05, 0.1) is 4.47 Å². The van der Waals surface area contributed by atoms with Crippen molar-refractivity contribution in [1.29, 1.82) is 0 Å². The minimum atomic E-state index is -10.7. The number of rotatable bonds is 2. The van der Waals surface area contributed by atoms with Gasteiger partial charge in [-0.05, 0) is 38.8 Å². The van der Waals surface area contributed by atoms with Crippen LogP contribution in [0.1, 0.15) is 5.56 Å². The van der Waals surface area contributed by atoms with Gasteiger partial charge in [0.1, 0.15) is 0 Å². The Kier molecular flexibility index (Phi) is 5.16. The van der Waals surface area contributed by atoms with Crippen LogP contribution in [-0.2, 0) is 6.54 Å². The normalized spacial score (nSPS) is 14.0. The summed E-state index contributed by atoms with van der Waals surface area (Å²) in [7, 11) is -10.7. The van der Waals surface area contributed by atoms with Crippen molar-refractivity contribution in [3.63, 3.8) is 0 Å². The number of benzene rings is 3. The van der Waals surface area contributed by atoms with E-state index in [1.54, 1.807) is 0 Å². The van der Waals surface area contributed by atoms with Crippen LogP contribution in [-0.4, -0.2) is 0 Å². The summed E-state index contributed by atoms with van der Waals surface area (Å²) in [5, 5.41) is 3.86. The van der Waals surface area contributed by atoms with E-state index in [4.69, 9.17) is 0 Å². The van der Waals surface area contributed by atoms with Crippen LogP contribution in [0.25, 0.3) is 21.7 Å². The summed E-state index contributed by atoms with van der Waals surface area (Å²) in [5.74, 6) is 0. The molecule has 1 aromatic heterocycles. The topological polar surface area (TPSA) is 3.88 Å². The number of nitrogens with zero attached hydrogens (tertiary/aromatic N) is 1.